The maximum atomic E-state index is 12.9. The molecule has 0 amide bonds. The molecule has 0 bridgehead atoms. The number of hydrogen-bond donors (Lipinski definition) is 0. The van der Waals surface area contributed by atoms with Gasteiger partial charge in [-0.05, 0) is 49.3 Å². The first-order valence-electron chi connectivity index (χ1n) is 7.76. The van der Waals surface area contributed by atoms with Gasteiger partial charge in [-0.25, -0.2) is 0 Å². The van der Waals surface area contributed by atoms with Crippen LogP contribution in [0.1, 0.15) is 44.2 Å². The van der Waals surface area contributed by atoms with E-state index in [1.807, 2.05) is 12.1 Å². The molecule has 1 aromatic heterocycles. The Morgan fingerprint density at radius 2 is 1.76 bits per heavy atom. The van der Waals surface area contributed by atoms with Crippen LogP contribution in [0.2, 0.25) is 0 Å². The fraction of sp³-hybridized carbons (Fsp3) is 0.667. The SMILES string of the molecule is CC1CCN(S(=O)(=O)N2CCC[C@@H]2c2ccncc2)CC1. The van der Waals surface area contributed by atoms with E-state index < -0.39 is 10.2 Å². The molecular weight excluding hydrogens is 286 g/mol. The Hall–Kier alpha value is -0.980. The molecule has 0 unspecified atom stereocenters. The van der Waals surface area contributed by atoms with Gasteiger partial charge in [0.2, 0.25) is 0 Å². The number of hydrogen-bond acceptors (Lipinski definition) is 3. The van der Waals surface area contributed by atoms with Gasteiger partial charge < -0.3 is 0 Å². The number of piperidine rings is 1. The highest BCUT2D eigenvalue weighted by molar-refractivity contribution is 7.86. The molecule has 3 rings (SSSR count). The Balaban J connectivity index is 1.81. The van der Waals surface area contributed by atoms with Gasteiger partial charge in [0.25, 0.3) is 10.2 Å². The molecule has 21 heavy (non-hydrogen) atoms. The molecule has 2 aliphatic rings. The van der Waals surface area contributed by atoms with E-state index in [9.17, 15) is 8.42 Å². The molecule has 3 heterocycles. The van der Waals surface area contributed by atoms with Crippen LogP contribution in [-0.2, 0) is 10.2 Å². The monoisotopic (exact) mass is 309 g/mol. The van der Waals surface area contributed by atoms with E-state index in [1.165, 1.54) is 0 Å². The molecule has 1 aromatic rings. The smallest absolute Gasteiger partial charge is 0.265 e. The van der Waals surface area contributed by atoms with Crippen molar-refractivity contribution < 1.29 is 8.42 Å². The Morgan fingerprint density at radius 3 is 2.43 bits per heavy atom. The lowest BCUT2D eigenvalue weighted by Crippen LogP contribution is -2.46. The fourth-order valence-corrected chi connectivity index (χ4v) is 5.18. The number of nitrogens with zero attached hydrogens (tertiary/aromatic N) is 3. The van der Waals surface area contributed by atoms with E-state index in [1.54, 1.807) is 21.0 Å². The largest absolute Gasteiger partial charge is 0.282 e. The zero-order valence-corrected chi connectivity index (χ0v) is 13.3. The molecule has 0 saturated carbocycles. The van der Waals surface area contributed by atoms with Crippen LogP contribution < -0.4 is 0 Å². The quantitative estimate of drug-likeness (QED) is 0.860. The predicted molar refractivity (Wildman–Crippen MR) is 81.8 cm³/mol. The van der Waals surface area contributed by atoms with Crippen molar-refractivity contribution in [3.05, 3.63) is 30.1 Å². The zero-order chi connectivity index (χ0) is 14.9. The van der Waals surface area contributed by atoms with Gasteiger partial charge in [-0.2, -0.15) is 17.0 Å². The molecule has 0 N–H and O–H groups in total. The van der Waals surface area contributed by atoms with Crippen molar-refractivity contribution in [2.24, 2.45) is 5.92 Å². The minimum absolute atomic E-state index is 0.0302. The van der Waals surface area contributed by atoms with E-state index in [0.29, 0.717) is 25.6 Å². The second-order valence-corrected chi connectivity index (χ2v) is 8.02. The van der Waals surface area contributed by atoms with Crippen LogP contribution in [0.5, 0.6) is 0 Å². The molecule has 0 spiro atoms. The third-order valence-corrected chi connectivity index (χ3v) is 6.71. The van der Waals surface area contributed by atoms with Crippen LogP contribution in [0, 0.1) is 5.92 Å². The normalized spacial score (nSPS) is 26.2. The van der Waals surface area contributed by atoms with Crippen molar-refractivity contribution >= 4 is 10.2 Å². The molecular formula is C15H23N3O2S. The molecule has 0 aliphatic carbocycles. The molecule has 1 atom stereocenters. The highest BCUT2D eigenvalue weighted by atomic mass is 32.2. The minimum atomic E-state index is -3.34. The van der Waals surface area contributed by atoms with Crippen molar-refractivity contribution in [2.45, 2.75) is 38.6 Å². The first kappa shape index (κ1) is 14.9. The van der Waals surface area contributed by atoms with Crippen LogP contribution in [0.25, 0.3) is 0 Å². The summed E-state index contributed by atoms with van der Waals surface area (Å²) in [6.45, 7) is 4.13. The summed E-state index contributed by atoms with van der Waals surface area (Å²) >= 11 is 0. The lowest BCUT2D eigenvalue weighted by molar-refractivity contribution is 0.260. The predicted octanol–water partition coefficient (Wildman–Crippen LogP) is 2.20. The molecule has 0 radical (unpaired) electrons. The Labute approximate surface area is 127 Å². The number of rotatable bonds is 3. The summed E-state index contributed by atoms with van der Waals surface area (Å²) in [5.74, 6) is 0.631. The zero-order valence-electron chi connectivity index (χ0n) is 12.5. The maximum Gasteiger partial charge on any atom is 0.282 e. The van der Waals surface area contributed by atoms with Crippen molar-refractivity contribution in [2.75, 3.05) is 19.6 Å². The van der Waals surface area contributed by atoms with Crippen molar-refractivity contribution in [3.8, 4) is 0 Å². The maximum absolute atomic E-state index is 12.9. The van der Waals surface area contributed by atoms with Crippen LogP contribution >= 0.6 is 0 Å². The highest BCUT2D eigenvalue weighted by Crippen LogP contribution is 2.35. The first-order chi connectivity index (χ1) is 10.1. The van der Waals surface area contributed by atoms with E-state index in [4.69, 9.17) is 0 Å². The summed E-state index contributed by atoms with van der Waals surface area (Å²) in [6.07, 6.45) is 7.23. The second-order valence-electron chi connectivity index (χ2n) is 6.14. The molecule has 0 aromatic carbocycles. The lowest BCUT2D eigenvalue weighted by atomic mass is 10.0. The molecule has 2 saturated heterocycles. The molecule has 5 nitrogen and oxygen atoms in total. The van der Waals surface area contributed by atoms with E-state index in [2.05, 4.69) is 11.9 Å². The molecule has 2 fully saturated rings. The summed E-state index contributed by atoms with van der Waals surface area (Å²) in [5.41, 5.74) is 1.05. The fourth-order valence-electron chi connectivity index (χ4n) is 3.30. The Kier molecular flexibility index (Phi) is 4.28. The van der Waals surface area contributed by atoms with E-state index in [-0.39, 0.29) is 6.04 Å². The van der Waals surface area contributed by atoms with Crippen molar-refractivity contribution in [1.29, 1.82) is 0 Å². The number of aromatic nitrogens is 1. The van der Waals surface area contributed by atoms with Gasteiger partial charge in [0.1, 0.15) is 0 Å². The van der Waals surface area contributed by atoms with Gasteiger partial charge in [0.05, 0.1) is 6.04 Å². The van der Waals surface area contributed by atoms with Crippen LogP contribution in [0.3, 0.4) is 0 Å². The summed E-state index contributed by atoms with van der Waals surface area (Å²) in [6, 6.07) is 3.82. The standard InChI is InChI=1S/C15H23N3O2S/c1-13-6-11-17(12-7-13)21(19,20)18-10-2-3-15(18)14-4-8-16-9-5-14/h4-5,8-9,13,15H,2-3,6-7,10-12H2,1H3/t15-/m1/s1. The lowest BCUT2D eigenvalue weighted by Gasteiger charge is -2.34. The second kappa shape index (κ2) is 6.02. The van der Waals surface area contributed by atoms with Gasteiger partial charge in [0.15, 0.2) is 0 Å². The minimum Gasteiger partial charge on any atom is -0.265 e. The average molecular weight is 309 g/mol. The van der Waals surface area contributed by atoms with E-state index in [0.717, 1.165) is 31.2 Å². The van der Waals surface area contributed by atoms with Gasteiger partial charge in [0, 0.05) is 32.0 Å². The third kappa shape index (κ3) is 2.98. The molecule has 116 valence electrons. The van der Waals surface area contributed by atoms with Crippen LogP contribution in [0.4, 0.5) is 0 Å². The summed E-state index contributed by atoms with van der Waals surface area (Å²) in [5, 5.41) is 0. The van der Waals surface area contributed by atoms with Gasteiger partial charge in [-0.15, -0.1) is 0 Å². The van der Waals surface area contributed by atoms with Gasteiger partial charge in [-0.3, -0.25) is 4.98 Å². The first-order valence-corrected chi connectivity index (χ1v) is 9.15. The summed E-state index contributed by atoms with van der Waals surface area (Å²) < 4.78 is 29.2. The summed E-state index contributed by atoms with van der Waals surface area (Å²) in [7, 11) is -3.34. The number of pyridine rings is 1. The summed E-state index contributed by atoms with van der Waals surface area (Å²) in [4.78, 5) is 4.02. The third-order valence-electron chi connectivity index (χ3n) is 4.66. The average Bonchev–Trinajstić information content (AvgIpc) is 2.99. The molecule has 6 heteroatoms. The Morgan fingerprint density at radius 1 is 1.10 bits per heavy atom. The van der Waals surface area contributed by atoms with Crippen molar-refractivity contribution in [1.82, 2.24) is 13.6 Å². The van der Waals surface area contributed by atoms with Gasteiger partial charge >= 0.3 is 0 Å². The van der Waals surface area contributed by atoms with Crippen LogP contribution in [-0.4, -0.2) is 41.6 Å². The van der Waals surface area contributed by atoms with Gasteiger partial charge in [-0.1, -0.05) is 6.92 Å². The molecule has 2 aliphatic heterocycles. The highest BCUT2D eigenvalue weighted by Gasteiger charge is 2.39. The van der Waals surface area contributed by atoms with Crippen LogP contribution in [0.15, 0.2) is 24.5 Å². The van der Waals surface area contributed by atoms with Crippen molar-refractivity contribution in [3.63, 3.8) is 0 Å². The topological polar surface area (TPSA) is 53.5 Å². The Bertz CT molecular complexity index is 568. The van der Waals surface area contributed by atoms with E-state index >= 15 is 0 Å².